The molecule has 1 atom stereocenters. The molecule has 0 N–H and O–H groups in total. The minimum absolute atomic E-state index is 0.289. The standard InChI is InChI=1S/C58H48FN3OSi/c1-33(2)45-31-52-44-20-18-40(59)29-49(44)58(60(52)32-54(45)64(5,6)7)48-22-21-43-47-28-36(39-25-34(3)24-35(4)26-39)17-23-53(47)63-56(43)55(48)57-61(50-14-10-11-15-51(50)62(57)58)41-19-16-38-27-37-12-8-9-13-42(37)46(38)30-41/h8-26,28-33H,27H2,1-7H3/q+2/i33D. The van der Waals surface area contributed by atoms with E-state index in [0.717, 1.165) is 90.0 Å². The molecule has 64 heavy (non-hydrogen) atoms. The summed E-state index contributed by atoms with van der Waals surface area (Å²) >= 11 is 0. The third-order valence-corrected chi connectivity index (χ3v) is 16.4. The second-order valence-corrected chi connectivity index (χ2v) is 24.7. The van der Waals surface area contributed by atoms with E-state index in [-0.39, 0.29) is 5.82 Å². The fourth-order valence-electron chi connectivity index (χ4n) is 11.7. The number of fused-ring (bicyclic) bond motifs is 19. The maximum Gasteiger partial charge on any atom is 0.365 e. The zero-order valence-corrected chi connectivity index (χ0v) is 38.2. The fourth-order valence-corrected chi connectivity index (χ4v) is 13.4. The van der Waals surface area contributed by atoms with Gasteiger partial charge >= 0.3 is 11.5 Å². The van der Waals surface area contributed by atoms with E-state index in [0.29, 0.717) is 0 Å². The quantitative estimate of drug-likeness (QED) is 0.128. The van der Waals surface area contributed by atoms with Crippen LogP contribution in [0.5, 0.6) is 0 Å². The Labute approximate surface area is 374 Å². The average molecular weight is 851 g/mol. The molecule has 10 aromatic rings. The summed E-state index contributed by atoms with van der Waals surface area (Å²) in [6.45, 7) is 15.4. The molecule has 0 saturated heterocycles. The van der Waals surface area contributed by atoms with E-state index in [9.17, 15) is 1.37 Å². The summed E-state index contributed by atoms with van der Waals surface area (Å²) in [4.78, 5) is 0. The van der Waals surface area contributed by atoms with Crippen LogP contribution in [0, 0.1) is 19.7 Å². The number of para-hydroxylation sites is 2. The van der Waals surface area contributed by atoms with Crippen molar-refractivity contribution in [2.24, 2.45) is 0 Å². The molecule has 1 aliphatic carbocycles. The van der Waals surface area contributed by atoms with Gasteiger partial charge in [-0.3, -0.25) is 0 Å². The Kier molecular flexibility index (Phi) is 7.35. The number of aromatic nitrogens is 3. The van der Waals surface area contributed by atoms with E-state index < -0.39 is 19.6 Å². The van der Waals surface area contributed by atoms with Gasteiger partial charge in [-0.2, -0.15) is 4.57 Å². The highest BCUT2D eigenvalue weighted by molar-refractivity contribution is 6.89. The third-order valence-electron chi connectivity index (χ3n) is 14.4. The van der Waals surface area contributed by atoms with Gasteiger partial charge in [0.1, 0.15) is 22.7 Å². The van der Waals surface area contributed by atoms with Crippen LogP contribution < -0.4 is 14.3 Å². The zero-order valence-electron chi connectivity index (χ0n) is 38.2. The van der Waals surface area contributed by atoms with Gasteiger partial charge in [-0.15, -0.1) is 9.13 Å². The Morgan fingerprint density at radius 3 is 2.31 bits per heavy atom. The van der Waals surface area contributed by atoms with Crippen LogP contribution in [0.25, 0.3) is 83.6 Å². The van der Waals surface area contributed by atoms with Crippen LogP contribution in [0.3, 0.4) is 0 Å². The Morgan fingerprint density at radius 2 is 1.50 bits per heavy atom. The van der Waals surface area contributed by atoms with Crippen LogP contribution in [-0.2, 0) is 12.1 Å². The number of aryl methyl sites for hydroxylation is 2. The van der Waals surface area contributed by atoms with Gasteiger partial charge in [-0.25, -0.2) is 4.39 Å². The SMILES string of the molecule is [2H]C(C)(C)c1cc2[n+](cc1[Si](C)(C)C)C1(c3cc(F)ccc3-2)c2ccc3c(oc4ccc(-c5cc(C)cc(C)c5)cc43)c2-c2n(-c3ccc4c(c3)-c3ccccc3C4)c3ccccc3[n+]21. The number of imidazole rings is 1. The summed E-state index contributed by atoms with van der Waals surface area (Å²) in [6.07, 6.45) is 3.25. The Balaban J connectivity index is 1.21. The van der Waals surface area contributed by atoms with E-state index >= 15 is 4.39 Å². The molecular weight excluding hydrogens is 802 g/mol. The summed E-state index contributed by atoms with van der Waals surface area (Å²) in [5.41, 5.74) is 19.5. The normalized spacial score (nSPS) is 16.0. The van der Waals surface area contributed by atoms with Crippen LogP contribution >= 0.6 is 0 Å². The van der Waals surface area contributed by atoms with E-state index in [2.05, 4.69) is 175 Å². The minimum Gasteiger partial charge on any atom is -0.455 e. The number of rotatable bonds is 4. The molecule has 6 heteroatoms. The van der Waals surface area contributed by atoms with E-state index in [1.165, 1.54) is 44.1 Å². The van der Waals surface area contributed by atoms with Gasteiger partial charge in [0.25, 0.3) is 0 Å². The van der Waals surface area contributed by atoms with Crippen LogP contribution in [0.2, 0.25) is 19.6 Å². The monoisotopic (exact) mass is 850 g/mol. The van der Waals surface area contributed by atoms with Crippen LogP contribution in [0.1, 0.15) is 60.1 Å². The molecule has 310 valence electrons. The van der Waals surface area contributed by atoms with Crippen molar-refractivity contribution in [3.05, 3.63) is 190 Å². The van der Waals surface area contributed by atoms with Crippen molar-refractivity contribution in [3.63, 3.8) is 0 Å². The molecule has 0 radical (unpaired) electrons. The van der Waals surface area contributed by atoms with Crippen molar-refractivity contribution >= 4 is 46.2 Å². The van der Waals surface area contributed by atoms with Crippen molar-refractivity contribution in [1.82, 2.24) is 4.57 Å². The lowest BCUT2D eigenvalue weighted by molar-refractivity contribution is -0.944. The number of furan rings is 1. The zero-order chi connectivity index (χ0) is 44.5. The fraction of sp³-hybridized carbons (Fsp3) is 0.172. The van der Waals surface area contributed by atoms with Crippen molar-refractivity contribution in [1.29, 1.82) is 0 Å². The molecule has 1 spiro atoms. The molecule has 1 unspecified atom stereocenters. The molecule has 0 amide bonds. The summed E-state index contributed by atoms with van der Waals surface area (Å²) in [6, 6.07) is 49.7. The first-order valence-electron chi connectivity index (χ1n) is 23.0. The smallest absolute Gasteiger partial charge is 0.365 e. The molecule has 3 aromatic heterocycles. The van der Waals surface area contributed by atoms with Gasteiger partial charge in [-0.1, -0.05) is 111 Å². The topological polar surface area (TPSA) is 25.8 Å². The molecular formula is C58H48FN3OSi+2. The molecule has 0 fully saturated rings. The minimum atomic E-state index is -2.09. The number of benzene rings is 7. The van der Waals surface area contributed by atoms with Crippen molar-refractivity contribution in [3.8, 4) is 50.6 Å². The predicted molar refractivity (Wildman–Crippen MR) is 260 cm³/mol. The Bertz CT molecular complexity index is 3750. The number of hydrogen-bond acceptors (Lipinski definition) is 1. The van der Waals surface area contributed by atoms with Gasteiger partial charge in [-0.05, 0) is 132 Å². The molecule has 5 heterocycles. The predicted octanol–water partition coefficient (Wildman–Crippen LogP) is 13.0. The van der Waals surface area contributed by atoms with Gasteiger partial charge in [0.05, 0.1) is 24.8 Å². The molecule has 2 aliphatic heterocycles. The van der Waals surface area contributed by atoms with E-state index in [1.807, 2.05) is 19.9 Å². The van der Waals surface area contributed by atoms with Gasteiger partial charge in [0, 0.05) is 23.4 Å². The average Bonchev–Trinajstić information content (AvgIpc) is 4.06. The molecule has 4 nitrogen and oxygen atoms in total. The third kappa shape index (κ3) is 4.92. The lowest BCUT2D eigenvalue weighted by Gasteiger charge is -2.25. The maximum atomic E-state index is 16.3. The first kappa shape index (κ1) is 36.6. The summed E-state index contributed by atoms with van der Waals surface area (Å²) in [5, 5.41) is 3.30. The molecule has 7 aromatic carbocycles. The number of halogens is 1. The lowest BCUT2D eigenvalue weighted by atomic mass is 9.88. The van der Waals surface area contributed by atoms with Crippen molar-refractivity contribution in [2.45, 2.75) is 65.3 Å². The molecule has 0 bridgehead atoms. The molecule has 13 rings (SSSR count). The molecule has 3 aliphatic rings. The largest absolute Gasteiger partial charge is 0.455 e. The van der Waals surface area contributed by atoms with Crippen LogP contribution in [0.4, 0.5) is 4.39 Å². The number of nitrogens with zero attached hydrogens (tertiary/aromatic N) is 3. The van der Waals surface area contributed by atoms with Gasteiger partial charge in [0.15, 0.2) is 22.8 Å². The van der Waals surface area contributed by atoms with Gasteiger partial charge in [0.2, 0.25) is 5.69 Å². The van der Waals surface area contributed by atoms with Crippen molar-refractivity contribution < 1.29 is 19.3 Å². The molecule has 0 saturated carbocycles. The summed E-state index contributed by atoms with van der Waals surface area (Å²) in [7, 11) is -2.09. The second kappa shape index (κ2) is 12.9. The van der Waals surface area contributed by atoms with Crippen LogP contribution in [-0.4, -0.2) is 12.6 Å². The number of hydrogen-bond donors (Lipinski definition) is 0. The lowest BCUT2D eigenvalue weighted by Crippen LogP contribution is -2.72. The highest BCUT2D eigenvalue weighted by Gasteiger charge is 2.67. The first-order valence-corrected chi connectivity index (χ1v) is 26.0. The van der Waals surface area contributed by atoms with E-state index in [4.69, 9.17) is 4.42 Å². The second-order valence-electron chi connectivity index (χ2n) is 19.7. The maximum absolute atomic E-state index is 16.3. The number of pyridine rings is 1. The van der Waals surface area contributed by atoms with Gasteiger partial charge < -0.3 is 4.42 Å². The highest BCUT2D eigenvalue weighted by atomic mass is 28.3. The van der Waals surface area contributed by atoms with Crippen LogP contribution in [0.15, 0.2) is 150 Å². The first-order chi connectivity index (χ1) is 31.2. The Morgan fingerprint density at radius 1 is 0.719 bits per heavy atom. The Hall–Kier alpha value is -6.89. The summed E-state index contributed by atoms with van der Waals surface area (Å²) < 4.78 is 40.3. The van der Waals surface area contributed by atoms with Crippen molar-refractivity contribution in [2.75, 3.05) is 0 Å². The highest BCUT2D eigenvalue weighted by Crippen LogP contribution is 2.53. The van der Waals surface area contributed by atoms with E-state index in [1.54, 1.807) is 12.1 Å². The summed E-state index contributed by atoms with van der Waals surface area (Å²) in [5.74, 6) is -0.170.